The van der Waals surface area contributed by atoms with Crippen molar-refractivity contribution < 1.29 is 37.1 Å². The molecular weight excluding hydrogens is 480 g/mol. The fraction of sp³-hybridized carbons (Fsp3) is 0.478. The molecule has 2 rings (SSSR count). The van der Waals surface area contributed by atoms with E-state index < -0.39 is 20.3 Å². The summed E-state index contributed by atoms with van der Waals surface area (Å²) >= 11 is 0. The second-order valence-electron chi connectivity index (χ2n) is 7.20. The monoisotopic (exact) mass is 515 g/mol. The van der Waals surface area contributed by atoms with Crippen molar-refractivity contribution in [2.75, 3.05) is 26.4 Å². The Morgan fingerprint density at radius 2 is 1.15 bits per heavy atom. The van der Waals surface area contributed by atoms with Crippen molar-refractivity contribution in [2.45, 2.75) is 45.7 Å². The lowest BCUT2D eigenvalue weighted by Gasteiger charge is -2.42. The van der Waals surface area contributed by atoms with Crippen LogP contribution in [0.25, 0.3) is 0 Å². The number of phenols is 1. The smallest absolute Gasteiger partial charge is 0.386 e. The first-order valence-electron chi connectivity index (χ1n) is 11.3. The quantitative estimate of drug-likeness (QED) is 0.289. The number of aromatic hydroxyl groups is 1. The van der Waals surface area contributed by atoms with Gasteiger partial charge < -0.3 is 33.7 Å². The summed E-state index contributed by atoms with van der Waals surface area (Å²) in [6, 6.07) is 12.9. The molecule has 0 bridgehead atoms. The van der Waals surface area contributed by atoms with E-state index in [2.05, 4.69) is 0 Å². The highest BCUT2D eigenvalue weighted by Gasteiger charge is 2.68. The van der Waals surface area contributed by atoms with Gasteiger partial charge in [0.1, 0.15) is 11.5 Å². The standard InChI is InChI=1S/C23H35NO8P2/c1-5-28-33(26,29-6-2)23(34(27,30-7-3)31-8-4,32-22-15-13-21(25)14-16-22)17-19-9-11-20(18-24)12-10-19/h9-16,25H,5-8,17-18,24H2,1-4H3. The van der Waals surface area contributed by atoms with Gasteiger partial charge in [0.2, 0.25) is 0 Å². The van der Waals surface area contributed by atoms with Crippen LogP contribution in [0.3, 0.4) is 0 Å². The van der Waals surface area contributed by atoms with E-state index in [0.717, 1.165) is 5.56 Å². The molecule has 0 amide bonds. The molecule has 11 heteroatoms. The summed E-state index contributed by atoms with van der Waals surface area (Å²) in [4.78, 5) is 0. The summed E-state index contributed by atoms with van der Waals surface area (Å²) in [5.74, 6) is 0.182. The van der Waals surface area contributed by atoms with Crippen molar-refractivity contribution in [3.8, 4) is 11.5 Å². The van der Waals surface area contributed by atoms with Crippen molar-refractivity contribution in [2.24, 2.45) is 5.73 Å². The van der Waals surface area contributed by atoms with Crippen LogP contribution in [0.15, 0.2) is 48.5 Å². The molecule has 34 heavy (non-hydrogen) atoms. The van der Waals surface area contributed by atoms with Crippen LogP contribution in [0.5, 0.6) is 11.5 Å². The molecule has 0 aliphatic carbocycles. The molecule has 2 aromatic rings. The third-order valence-electron chi connectivity index (χ3n) is 4.86. The Bertz CT molecular complexity index is 931. The van der Waals surface area contributed by atoms with E-state index in [1.807, 2.05) is 12.1 Å². The molecule has 0 aliphatic heterocycles. The lowest BCUT2D eigenvalue weighted by Crippen LogP contribution is -2.41. The highest BCUT2D eigenvalue weighted by Crippen LogP contribution is 2.78. The molecule has 0 aromatic heterocycles. The third kappa shape index (κ3) is 6.29. The largest absolute Gasteiger partial charge is 0.508 e. The van der Waals surface area contributed by atoms with E-state index in [4.69, 9.17) is 28.6 Å². The minimum atomic E-state index is -4.33. The van der Waals surface area contributed by atoms with Gasteiger partial charge in [-0.1, -0.05) is 24.3 Å². The number of rotatable bonds is 15. The van der Waals surface area contributed by atoms with Gasteiger partial charge in [-0.15, -0.1) is 0 Å². The van der Waals surface area contributed by atoms with Crippen molar-refractivity contribution in [3.05, 3.63) is 59.7 Å². The summed E-state index contributed by atoms with van der Waals surface area (Å²) in [6.45, 7) is 6.97. The number of phenolic OH excluding ortho intramolecular Hbond substituents is 1. The van der Waals surface area contributed by atoms with Crippen molar-refractivity contribution in [1.82, 2.24) is 0 Å². The van der Waals surface area contributed by atoms with Gasteiger partial charge in [-0.3, -0.25) is 9.13 Å². The van der Waals surface area contributed by atoms with Crippen molar-refractivity contribution in [3.63, 3.8) is 0 Å². The predicted molar refractivity (Wildman–Crippen MR) is 131 cm³/mol. The maximum Gasteiger partial charge on any atom is 0.386 e. The zero-order valence-electron chi connectivity index (χ0n) is 20.1. The Morgan fingerprint density at radius 3 is 1.53 bits per heavy atom. The SMILES string of the molecule is CCOP(=O)(OCC)C(Cc1ccc(CN)cc1)(Oc1ccc(O)cc1)P(=O)(OCC)OCC. The fourth-order valence-corrected chi connectivity index (χ4v) is 8.81. The lowest BCUT2D eigenvalue weighted by molar-refractivity contribution is 0.0976. The Hall–Kier alpha value is -1.70. The molecule has 0 spiro atoms. The molecule has 0 atom stereocenters. The van der Waals surface area contributed by atoms with Gasteiger partial charge in [-0.05, 0) is 63.1 Å². The van der Waals surface area contributed by atoms with Crippen LogP contribution in [-0.4, -0.2) is 36.6 Å². The van der Waals surface area contributed by atoms with Crippen LogP contribution in [-0.2, 0) is 40.2 Å². The van der Waals surface area contributed by atoms with Gasteiger partial charge in [-0.2, -0.15) is 0 Å². The van der Waals surface area contributed by atoms with Crippen molar-refractivity contribution in [1.29, 1.82) is 0 Å². The summed E-state index contributed by atoms with van der Waals surface area (Å²) in [7, 11) is -8.65. The Balaban J connectivity index is 2.84. The summed E-state index contributed by atoms with van der Waals surface area (Å²) < 4.78 is 58.0. The van der Waals surface area contributed by atoms with E-state index in [0.29, 0.717) is 12.1 Å². The Morgan fingerprint density at radius 1 is 0.735 bits per heavy atom. The van der Waals surface area contributed by atoms with E-state index in [9.17, 15) is 14.2 Å². The van der Waals surface area contributed by atoms with Crippen LogP contribution in [0.2, 0.25) is 0 Å². The molecule has 0 aliphatic rings. The second-order valence-corrected chi connectivity index (χ2v) is 12.0. The average Bonchev–Trinajstić information content (AvgIpc) is 2.81. The molecule has 0 unspecified atom stereocenters. The third-order valence-corrected chi connectivity index (χ3v) is 10.9. The number of hydrogen-bond acceptors (Lipinski definition) is 9. The zero-order valence-corrected chi connectivity index (χ0v) is 21.9. The lowest BCUT2D eigenvalue weighted by atomic mass is 10.1. The first-order chi connectivity index (χ1) is 16.2. The van der Waals surface area contributed by atoms with Crippen LogP contribution in [0.4, 0.5) is 0 Å². The molecule has 0 heterocycles. The van der Waals surface area contributed by atoms with Gasteiger partial charge >= 0.3 is 20.3 Å². The van der Waals surface area contributed by atoms with E-state index in [1.165, 1.54) is 24.3 Å². The maximum absolute atomic E-state index is 14.5. The first-order valence-corrected chi connectivity index (χ1v) is 14.4. The van der Waals surface area contributed by atoms with Crippen LogP contribution in [0, 0.1) is 0 Å². The molecule has 0 fully saturated rings. The average molecular weight is 515 g/mol. The summed E-state index contributed by atoms with van der Waals surface area (Å²) in [5, 5.41) is 7.54. The Labute approximate surface area is 201 Å². The number of hydrogen-bond donors (Lipinski definition) is 2. The van der Waals surface area contributed by atoms with Crippen molar-refractivity contribution >= 4 is 15.2 Å². The van der Waals surface area contributed by atoms with Crippen LogP contribution < -0.4 is 10.5 Å². The molecular formula is C23H35NO8P2. The molecule has 2 aromatic carbocycles. The number of benzene rings is 2. The fourth-order valence-electron chi connectivity index (χ4n) is 3.41. The summed E-state index contributed by atoms with van der Waals surface area (Å²) in [6.07, 6.45) is -0.173. The highest BCUT2D eigenvalue weighted by atomic mass is 31.2. The van der Waals surface area contributed by atoms with Crippen LogP contribution >= 0.6 is 15.2 Å². The molecule has 0 saturated heterocycles. The topological polar surface area (TPSA) is 127 Å². The van der Waals surface area contributed by atoms with Gasteiger partial charge in [0.05, 0.1) is 26.4 Å². The minimum absolute atomic E-state index is 0.00231. The van der Waals surface area contributed by atoms with Crippen LogP contribution in [0.1, 0.15) is 38.8 Å². The molecule has 9 nitrogen and oxygen atoms in total. The minimum Gasteiger partial charge on any atom is -0.508 e. The zero-order chi connectivity index (χ0) is 25.2. The van der Waals surface area contributed by atoms with Gasteiger partial charge in [0.25, 0.3) is 0 Å². The predicted octanol–water partition coefficient (Wildman–Crippen LogP) is 5.66. The molecule has 0 radical (unpaired) electrons. The number of ether oxygens (including phenoxy) is 1. The molecule has 190 valence electrons. The second kappa shape index (κ2) is 12.8. The van der Waals surface area contributed by atoms with Gasteiger partial charge in [0.15, 0.2) is 0 Å². The molecule has 0 saturated carbocycles. The Kier molecular flexibility index (Phi) is 10.8. The number of nitrogens with two attached hydrogens (primary N) is 1. The van der Waals surface area contributed by atoms with E-state index in [-0.39, 0.29) is 44.3 Å². The summed E-state index contributed by atoms with van der Waals surface area (Å²) in [5.41, 5.74) is 7.25. The highest BCUT2D eigenvalue weighted by molar-refractivity contribution is 7.74. The van der Waals surface area contributed by atoms with Gasteiger partial charge in [0, 0.05) is 13.0 Å². The maximum atomic E-state index is 14.5. The van der Waals surface area contributed by atoms with E-state index in [1.54, 1.807) is 39.8 Å². The van der Waals surface area contributed by atoms with Gasteiger partial charge in [-0.25, -0.2) is 0 Å². The normalized spacial score (nSPS) is 12.6. The first kappa shape index (κ1) is 28.5. The van der Waals surface area contributed by atoms with E-state index >= 15 is 0 Å². The molecule has 3 N–H and O–H groups in total.